The SMILES string of the molecule is Cc1csc(-c2nc(Cc3ccc(Cl)cc3Cl)no2)c1N. The van der Waals surface area contributed by atoms with E-state index >= 15 is 0 Å². The van der Waals surface area contributed by atoms with E-state index in [-0.39, 0.29) is 0 Å². The second-order valence-electron chi connectivity index (χ2n) is 4.59. The number of aromatic nitrogens is 2. The fraction of sp³-hybridized carbons (Fsp3) is 0.143. The van der Waals surface area contributed by atoms with Crippen molar-refractivity contribution in [1.29, 1.82) is 0 Å². The topological polar surface area (TPSA) is 64.9 Å². The normalized spacial score (nSPS) is 11.0. The highest BCUT2D eigenvalue weighted by molar-refractivity contribution is 7.14. The predicted molar refractivity (Wildman–Crippen MR) is 86.0 cm³/mol. The molecule has 0 fully saturated rings. The Labute approximate surface area is 135 Å². The summed E-state index contributed by atoms with van der Waals surface area (Å²) in [7, 11) is 0. The number of nitrogen functional groups attached to an aromatic ring is 1. The van der Waals surface area contributed by atoms with E-state index in [1.165, 1.54) is 11.3 Å². The Balaban J connectivity index is 1.87. The van der Waals surface area contributed by atoms with Gasteiger partial charge >= 0.3 is 0 Å². The molecule has 3 rings (SSSR count). The first-order valence-corrected chi connectivity index (χ1v) is 7.78. The first-order chi connectivity index (χ1) is 10.0. The summed E-state index contributed by atoms with van der Waals surface area (Å²) in [4.78, 5) is 5.17. The smallest absolute Gasteiger partial charge is 0.270 e. The maximum atomic E-state index is 6.14. The molecule has 1 aromatic carbocycles. The van der Waals surface area contributed by atoms with Crippen LogP contribution < -0.4 is 5.73 Å². The summed E-state index contributed by atoms with van der Waals surface area (Å²) >= 11 is 13.5. The number of benzene rings is 1. The lowest BCUT2D eigenvalue weighted by Gasteiger charge is -2.00. The lowest BCUT2D eigenvalue weighted by atomic mass is 10.1. The molecule has 0 amide bonds. The Morgan fingerprint density at radius 2 is 2.14 bits per heavy atom. The van der Waals surface area contributed by atoms with E-state index in [2.05, 4.69) is 10.1 Å². The zero-order valence-corrected chi connectivity index (χ0v) is 13.4. The van der Waals surface area contributed by atoms with Crippen LogP contribution in [-0.4, -0.2) is 10.1 Å². The van der Waals surface area contributed by atoms with Gasteiger partial charge in [-0.05, 0) is 35.6 Å². The zero-order chi connectivity index (χ0) is 15.0. The van der Waals surface area contributed by atoms with Crippen molar-refractivity contribution in [1.82, 2.24) is 10.1 Å². The van der Waals surface area contributed by atoms with Gasteiger partial charge in [-0.3, -0.25) is 0 Å². The van der Waals surface area contributed by atoms with Gasteiger partial charge in [-0.25, -0.2) is 0 Å². The Morgan fingerprint density at radius 1 is 1.33 bits per heavy atom. The number of rotatable bonds is 3. The molecule has 0 radical (unpaired) electrons. The van der Waals surface area contributed by atoms with Gasteiger partial charge in [-0.2, -0.15) is 4.98 Å². The van der Waals surface area contributed by atoms with E-state index < -0.39 is 0 Å². The van der Waals surface area contributed by atoms with Crippen LogP contribution in [0, 0.1) is 6.92 Å². The highest BCUT2D eigenvalue weighted by atomic mass is 35.5. The molecule has 0 atom stereocenters. The first-order valence-electron chi connectivity index (χ1n) is 6.15. The van der Waals surface area contributed by atoms with Crippen molar-refractivity contribution in [2.75, 3.05) is 5.73 Å². The summed E-state index contributed by atoms with van der Waals surface area (Å²) in [5.41, 5.74) is 8.57. The van der Waals surface area contributed by atoms with Gasteiger partial charge in [-0.15, -0.1) is 11.3 Å². The van der Waals surface area contributed by atoms with Crippen molar-refractivity contribution in [2.45, 2.75) is 13.3 Å². The molecule has 3 aromatic rings. The second kappa shape index (κ2) is 5.67. The fourth-order valence-corrected chi connectivity index (χ4v) is 3.24. The molecule has 2 N–H and O–H groups in total. The molecular weight excluding hydrogens is 329 g/mol. The van der Waals surface area contributed by atoms with Crippen LogP contribution in [0.2, 0.25) is 10.0 Å². The monoisotopic (exact) mass is 339 g/mol. The average Bonchev–Trinajstić information content (AvgIpc) is 3.02. The van der Waals surface area contributed by atoms with Gasteiger partial charge in [0.2, 0.25) is 0 Å². The number of hydrogen-bond donors (Lipinski definition) is 1. The zero-order valence-electron chi connectivity index (χ0n) is 11.1. The third-order valence-corrected chi connectivity index (χ3v) is 4.74. The van der Waals surface area contributed by atoms with Crippen LogP contribution in [0.15, 0.2) is 28.1 Å². The number of halogens is 2. The minimum absolute atomic E-state index is 0.436. The van der Waals surface area contributed by atoms with Gasteiger partial charge in [0.25, 0.3) is 5.89 Å². The molecular formula is C14H11Cl2N3OS. The molecule has 0 aliphatic rings. The van der Waals surface area contributed by atoms with E-state index in [0.29, 0.717) is 33.9 Å². The maximum Gasteiger partial charge on any atom is 0.270 e. The molecule has 2 heterocycles. The minimum Gasteiger partial charge on any atom is -0.397 e. The first kappa shape index (κ1) is 14.4. The highest BCUT2D eigenvalue weighted by Gasteiger charge is 2.16. The van der Waals surface area contributed by atoms with Crippen LogP contribution in [0.25, 0.3) is 10.8 Å². The fourth-order valence-electron chi connectivity index (χ4n) is 1.87. The molecule has 21 heavy (non-hydrogen) atoms. The van der Waals surface area contributed by atoms with Crippen molar-refractivity contribution < 1.29 is 4.52 Å². The number of anilines is 1. The Kier molecular flexibility index (Phi) is 3.89. The summed E-state index contributed by atoms with van der Waals surface area (Å²) in [6.07, 6.45) is 0.476. The molecule has 0 saturated carbocycles. The van der Waals surface area contributed by atoms with E-state index in [9.17, 15) is 0 Å². The molecule has 0 aliphatic heterocycles. The van der Waals surface area contributed by atoms with Crippen molar-refractivity contribution >= 4 is 40.2 Å². The molecule has 7 heteroatoms. The summed E-state index contributed by atoms with van der Waals surface area (Å²) < 4.78 is 5.28. The summed E-state index contributed by atoms with van der Waals surface area (Å²) in [5.74, 6) is 0.991. The molecule has 2 aromatic heterocycles. The van der Waals surface area contributed by atoms with Crippen molar-refractivity contribution in [3.05, 3.63) is 50.6 Å². The lowest BCUT2D eigenvalue weighted by Crippen LogP contribution is -1.92. The van der Waals surface area contributed by atoms with E-state index in [1.54, 1.807) is 12.1 Å². The Morgan fingerprint density at radius 3 is 2.81 bits per heavy atom. The number of nitrogens with zero attached hydrogens (tertiary/aromatic N) is 2. The molecule has 0 saturated heterocycles. The number of aryl methyl sites for hydroxylation is 1. The highest BCUT2D eigenvalue weighted by Crippen LogP contribution is 2.33. The quantitative estimate of drug-likeness (QED) is 0.757. The molecule has 0 bridgehead atoms. The van der Waals surface area contributed by atoms with Crippen LogP contribution in [0.4, 0.5) is 5.69 Å². The summed E-state index contributed by atoms with van der Waals surface area (Å²) in [5, 5.41) is 7.12. The average molecular weight is 340 g/mol. The van der Waals surface area contributed by atoms with Crippen molar-refractivity contribution in [3.63, 3.8) is 0 Å². The predicted octanol–water partition coefficient (Wildman–Crippen LogP) is 4.59. The van der Waals surface area contributed by atoms with E-state index in [0.717, 1.165) is 16.0 Å². The third-order valence-electron chi connectivity index (χ3n) is 3.05. The molecule has 0 unspecified atom stereocenters. The third kappa shape index (κ3) is 2.90. The number of hydrogen-bond acceptors (Lipinski definition) is 5. The maximum absolute atomic E-state index is 6.14. The standard InChI is InChI=1S/C14H11Cl2N3OS/c1-7-6-21-13(12(7)17)14-18-11(19-20-14)4-8-2-3-9(15)5-10(8)16/h2-3,5-6H,4,17H2,1H3. The van der Waals surface area contributed by atoms with Gasteiger partial charge in [0, 0.05) is 16.5 Å². The van der Waals surface area contributed by atoms with Crippen LogP contribution in [0.5, 0.6) is 0 Å². The van der Waals surface area contributed by atoms with Gasteiger partial charge < -0.3 is 10.3 Å². The number of nitrogens with two attached hydrogens (primary N) is 1. The van der Waals surface area contributed by atoms with Gasteiger partial charge in [-0.1, -0.05) is 34.4 Å². The molecule has 0 spiro atoms. The van der Waals surface area contributed by atoms with Crippen molar-refractivity contribution in [3.8, 4) is 10.8 Å². The lowest BCUT2D eigenvalue weighted by molar-refractivity contribution is 0.425. The van der Waals surface area contributed by atoms with Crippen LogP contribution in [0.1, 0.15) is 17.0 Å². The van der Waals surface area contributed by atoms with Gasteiger partial charge in [0.05, 0.1) is 5.69 Å². The Bertz CT molecular complexity index is 797. The van der Waals surface area contributed by atoms with Crippen molar-refractivity contribution in [2.24, 2.45) is 0 Å². The van der Waals surface area contributed by atoms with Gasteiger partial charge in [0.15, 0.2) is 5.82 Å². The largest absolute Gasteiger partial charge is 0.397 e. The number of thiophene rings is 1. The van der Waals surface area contributed by atoms with Crippen LogP contribution in [-0.2, 0) is 6.42 Å². The minimum atomic E-state index is 0.436. The van der Waals surface area contributed by atoms with Crippen LogP contribution in [0.3, 0.4) is 0 Å². The van der Waals surface area contributed by atoms with Gasteiger partial charge in [0.1, 0.15) is 4.88 Å². The summed E-state index contributed by atoms with van der Waals surface area (Å²) in [6, 6.07) is 5.33. The molecule has 0 aliphatic carbocycles. The summed E-state index contributed by atoms with van der Waals surface area (Å²) in [6.45, 7) is 1.94. The Hall–Kier alpha value is -1.56. The van der Waals surface area contributed by atoms with E-state index in [1.807, 2.05) is 18.4 Å². The second-order valence-corrected chi connectivity index (χ2v) is 6.31. The van der Waals surface area contributed by atoms with Crippen LogP contribution >= 0.6 is 34.5 Å². The molecule has 108 valence electrons. The van der Waals surface area contributed by atoms with E-state index in [4.69, 9.17) is 33.5 Å². The molecule has 4 nitrogen and oxygen atoms in total.